The fourth-order valence-electron chi connectivity index (χ4n) is 0.351. The minimum atomic E-state index is -3.82. The van der Waals surface area contributed by atoms with Crippen molar-refractivity contribution in [1.29, 1.82) is 0 Å². The summed E-state index contributed by atoms with van der Waals surface area (Å²) in [4.78, 5) is 19.3. The molecule has 0 bridgehead atoms. The van der Waals surface area contributed by atoms with E-state index in [1.165, 1.54) is 6.92 Å². The molecule has 0 aliphatic rings. The van der Waals surface area contributed by atoms with Crippen LogP contribution in [0.1, 0.15) is 6.92 Å². The molecule has 0 saturated carbocycles. The van der Waals surface area contributed by atoms with Crippen LogP contribution in [0.2, 0.25) is 0 Å². The molecular weight excluding hydrogens is 171 g/mol. The molecule has 6 nitrogen and oxygen atoms in total. The Morgan fingerprint density at radius 1 is 1.36 bits per heavy atom. The van der Waals surface area contributed by atoms with Crippen LogP contribution in [0.5, 0.6) is 0 Å². The third-order valence-electron chi connectivity index (χ3n) is 0.632. The second-order valence-corrected chi connectivity index (χ2v) is 2.93. The van der Waals surface area contributed by atoms with Gasteiger partial charge in [-0.25, -0.2) is 14.2 Å². The van der Waals surface area contributed by atoms with Crippen LogP contribution in [-0.2, 0) is 18.7 Å². The summed E-state index contributed by atoms with van der Waals surface area (Å²) < 4.78 is 20.8. The molecule has 0 radical (unpaired) electrons. The van der Waals surface area contributed by atoms with Crippen LogP contribution in [0.25, 0.3) is 0 Å². The lowest BCUT2D eigenvalue weighted by atomic mass is 10.9. The molecule has 0 aromatic carbocycles. The third kappa shape index (κ3) is 3.61. The maximum atomic E-state index is 10.9. The van der Waals surface area contributed by atoms with E-state index in [2.05, 4.69) is 14.0 Å². The first-order valence-corrected chi connectivity index (χ1v) is 4.15. The minimum absolute atomic E-state index is 0.0354. The molecule has 0 saturated heterocycles. The SMILES string of the molecule is CCOP(=O)(N=C=O)N=C=O. The van der Waals surface area contributed by atoms with Crippen molar-refractivity contribution in [2.45, 2.75) is 6.92 Å². The van der Waals surface area contributed by atoms with Crippen molar-refractivity contribution in [3.8, 4) is 0 Å². The lowest BCUT2D eigenvalue weighted by Crippen LogP contribution is -1.83. The van der Waals surface area contributed by atoms with E-state index >= 15 is 0 Å². The van der Waals surface area contributed by atoms with Crippen LogP contribution in [0, 0.1) is 0 Å². The average molecular weight is 176 g/mol. The van der Waals surface area contributed by atoms with E-state index in [0.717, 1.165) is 12.2 Å². The number of rotatable bonds is 4. The predicted molar refractivity (Wildman–Crippen MR) is 35.5 cm³/mol. The summed E-state index contributed by atoms with van der Waals surface area (Å²) in [7, 11) is -3.82. The van der Waals surface area contributed by atoms with Crippen molar-refractivity contribution < 1.29 is 18.7 Å². The van der Waals surface area contributed by atoms with Gasteiger partial charge in [0.15, 0.2) is 0 Å². The van der Waals surface area contributed by atoms with Gasteiger partial charge in [0.05, 0.1) is 6.61 Å². The molecule has 0 fully saturated rings. The highest BCUT2D eigenvalue weighted by atomic mass is 31.2. The van der Waals surface area contributed by atoms with Crippen LogP contribution in [0.3, 0.4) is 0 Å². The molecule has 0 spiro atoms. The van der Waals surface area contributed by atoms with Gasteiger partial charge in [-0.2, -0.15) is 0 Å². The first-order chi connectivity index (χ1) is 5.18. The Bertz CT molecular complexity index is 241. The zero-order chi connectivity index (χ0) is 8.74. The second kappa shape index (κ2) is 4.72. The van der Waals surface area contributed by atoms with E-state index in [1.807, 2.05) is 0 Å². The van der Waals surface area contributed by atoms with Gasteiger partial charge in [0.2, 0.25) is 12.2 Å². The van der Waals surface area contributed by atoms with Gasteiger partial charge in [-0.3, -0.25) is 4.52 Å². The van der Waals surface area contributed by atoms with E-state index in [9.17, 15) is 14.2 Å². The van der Waals surface area contributed by atoms with Gasteiger partial charge in [0, 0.05) is 0 Å². The Labute approximate surface area is 62.6 Å². The van der Waals surface area contributed by atoms with Crippen LogP contribution in [-0.4, -0.2) is 18.8 Å². The Balaban J connectivity index is 4.65. The smallest absolute Gasteiger partial charge is 0.294 e. The van der Waals surface area contributed by atoms with Gasteiger partial charge in [0.25, 0.3) is 0 Å². The summed E-state index contributed by atoms with van der Waals surface area (Å²) in [5, 5.41) is 0. The largest absolute Gasteiger partial charge is 0.454 e. The van der Waals surface area contributed by atoms with Gasteiger partial charge in [0.1, 0.15) is 0 Å². The first kappa shape index (κ1) is 9.95. The summed E-state index contributed by atoms with van der Waals surface area (Å²) in [5.41, 5.74) is 0. The third-order valence-corrected chi connectivity index (χ3v) is 1.89. The van der Waals surface area contributed by atoms with Crippen molar-refractivity contribution in [2.75, 3.05) is 6.61 Å². The summed E-state index contributed by atoms with van der Waals surface area (Å²) >= 11 is 0. The molecule has 0 atom stereocenters. The van der Waals surface area contributed by atoms with Crippen LogP contribution in [0.4, 0.5) is 0 Å². The molecule has 7 heteroatoms. The molecule has 0 unspecified atom stereocenters. The summed E-state index contributed by atoms with van der Waals surface area (Å²) in [5.74, 6) is 0. The minimum Gasteiger partial charge on any atom is -0.294 e. The normalized spacial score (nSPS) is 13.9. The Hall–Kier alpha value is -1.05. The van der Waals surface area contributed by atoms with E-state index in [1.54, 1.807) is 0 Å². The molecule has 0 rings (SSSR count). The lowest BCUT2D eigenvalue weighted by Gasteiger charge is -1.99. The molecular formula is C4H5N2O4P. The Morgan fingerprint density at radius 2 is 1.82 bits per heavy atom. The molecule has 0 heterocycles. The highest BCUT2D eigenvalue weighted by Crippen LogP contribution is 2.48. The highest BCUT2D eigenvalue weighted by Gasteiger charge is 2.19. The van der Waals surface area contributed by atoms with Crippen LogP contribution in [0.15, 0.2) is 9.53 Å². The first-order valence-electron chi connectivity index (χ1n) is 2.62. The quantitative estimate of drug-likeness (QED) is 0.360. The average Bonchev–Trinajstić information content (AvgIpc) is 1.88. The Kier molecular flexibility index (Phi) is 4.27. The monoisotopic (exact) mass is 176 g/mol. The summed E-state index contributed by atoms with van der Waals surface area (Å²) in [6.07, 6.45) is 1.98. The molecule has 0 N–H and O–H groups in total. The predicted octanol–water partition coefficient (Wildman–Crippen LogP) is 0.803. The van der Waals surface area contributed by atoms with Crippen LogP contribution < -0.4 is 0 Å². The number of hydrogen-bond acceptors (Lipinski definition) is 4. The molecule has 11 heavy (non-hydrogen) atoms. The van der Waals surface area contributed by atoms with Crippen LogP contribution >= 0.6 is 7.67 Å². The van der Waals surface area contributed by atoms with Gasteiger partial charge in [-0.15, -0.1) is 0 Å². The molecule has 0 aromatic rings. The maximum Gasteiger partial charge on any atom is 0.454 e. The maximum absolute atomic E-state index is 10.9. The van der Waals surface area contributed by atoms with Crippen molar-refractivity contribution in [1.82, 2.24) is 0 Å². The van der Waals surface area contributed by atoms with Gasteiger partial charge in [-0.05, 0) is 6.92 Å². The highest BCUT2D eigenvalue weighted by molar-refractivity contribution is 7.56. The van der Waals surface area contributed by atoms with Gasteiger partial charge >= 0.3 is 7.67 Å². The molecule has 0 aliphatic carbocycles. The van der Waals surface area contributed by atoms with E-state index < -0.39 is 7.67 Å². The van der Waals surface area contributed by atoms with Crippen molar-refractivity contribution in [3.63, 3.8) is 0 Å². The molecule has 0 aliphatic heterocycles. The number of hydrogen-bond donors (Lipinski definition) is 0. The second-order valence-electron chi connectivity index (χ2n) is 1.29. The summed E-state index contributed by atoms with van der Waals surface area (Å²) in [6, 6.07) is 0. The molecule has 0 amide bonds. The standard InChI is InChI=1S/C4H5N2O4P/c1-2-10-11(9,5-3-7)6-4-8/h2H2,1H3. The number of nitrogens with zero attached hydrogens (tertiary/aromatic N) is 2. The molecule has 0 aromatic heterocycles. The van der Waals surface area contributed by atoms with E-state index in [0.29, 0.717) is 0 Å². The van der Waals surface area contributed by atoms with E-state index in [4.69, 9.17) is 0 Å². The Morgan fingerprint density at radius 3 is 2.09 bits per heavy atom. The van der Waals surface area contributed by atoms with E-state index in [-0.39, 0.29) is 6.61 Å². The zero-order valence-electron chi connectivity index (χ0n) is 5.68. The number of isocyanates is 2. The fourth-order valence-corrected chi connectivity index (χ4v) is 1.05. The zero-order valence-corrected chi connectivity index (χ0v) is 6.58. The number of carbonyl (C=O) groups excluding carboxylic acids is 2. The van der Waals surface area contributed by atoms with Crippen molar-refractivity contribution in [3.05, 3.63) is 0 Å². The summed E-state index contributed by atoms with van der Waals surface area (Å²) in [6.45, 7) is 1.56. The van der Waals surface area contributed by atoms with Gasteiger partial charge in [-0.1, -0.05) is 9.53 Å². The molecule has 60 valence electrons. The van der Waals surface area contributed by atoms with Gasteiger partial charge < -0.3 is 0 Å². The topological polar surface area (TPSA) is 85.2 Å². The van der Waals surface area contributed by atoms with Crippen molar-refractivity contribution in [2.24, 2.45) is 9.53 Å². The van der Waals surface area contributed by atoms with Crippen molar-refractivity contribution >= 4 is 19.8 Å². The fraction of sp³-hybridized carbons (Fsp3) is 0.500. The lowest BCUT2D eigenvalue weighted by molar-refractivity contribution is 0.334.